The largest absolute Gasteiger partial charge is 0.474 e. The molecule has 0 spiro atoms. The van der Waals surface area contributed by atoms with Gasteiger partial charge in [0.2, 0.25) is 0 Å². The number of aryl methyl sites for hydroxylation is 1. The number of hydrogen-bond acceptors (Lipinski definition) is 4. The minimum absolute atomic E-state index is 0.321. The monoisotopic (exact) mass is 286 g/mol. The highest BCUT2D eigenvalue weighted by molar-refractivity contribution is 7.48. The zero-order valence-corrected chi connectivity index (χ0v) is 12.6. The van der Waals surface area contributed by atoms with E-state index in [-0.39, 0.29) is 0 Å². The fourth-order valence-electron chi connectivity index (χ4n) is 1.68. The summed E-state index contributed by atoms with van der Waals surface area (Å²) in [6, 6.07) is 10.3. The molecular weight excluding hydrogens is 263 g/mol. The first kappa shape index (κ1) is 16.4. The van der Waals surface area contributed by atoms with E-state index < -0.39 is 7.82 Å². The third-order valence-electron chi connectivity index (χ3n) is 2.53. The van der Waals surface area contributed by atoms with E-state index in [0.29, 0.717) is 19.8 Å². The van der Waals surface area contributed by atoms with Gasteiger partial charge in [-0.25, -0.2) is 4.57 Å². The van der Waals surface area contributed by atoms with Crippen molar-refractivity contribution in [2.24, 2.45) is 0 Å². The molecule has 108 valence electrons. The van der Waals surface area contributed by atoms with Crippen LogP contribution < -0.4 is 0 Å². The Morgan fingerprint density at radius 3 is 2.16 bits per heavy atom. The molecule has 19 heavy (non-hydrogen) atoms. The molecule has 1 rings (SSSR count). The van der Waals surface area contributed by atoms with Gasteiger partial charge in [-0.15, -0.1) is 0 Å². The summed E-state index contributed by atoms with van der Waals surface area (Å²) in [5.41, 5.74) is 1.31. The predicted molar refractivity (Wildman–Crippen MR) is 76.2 cm³/mol. The molecule has 0 aliphatic heterocycles. The molecule has 0 unspecified atom stereocenters. The van der Waals surface area contributed by atoms with Gasteiger partial charge in [0.05, 0.1) is 19.8 Å². The van der Waals surface area contributed by atoms with Crippen molar-refractivity contribution in [2.45, 2.75) is 33.1 Å². The normalized spacial score (nSPS) is 11.7. The fourth-order valence-corrected chi connectivity index (χ4v) is 2.89. The maximum atomic E-state index is 12.0. The van der Waals surface area contributed by atoms with E-state index in [9.17, 15) is 4.57 Å². The van der Waals surface area contributed by atoms with Gasteiger partial charge in [0, 0.05) is 0 Å². The van der Waals surface area contributed by atoms with E-state index >= 15 is 0 Å². The summed E-state index contributed by atoms with van der Waals surface area (Å²) >= 11 is 0. The average Bonchev–Trinajstić information content (AvgIpc) is 2.40. The van der Waals surface area contributed by atoms with Crippen molar-refractivity contribution in [3.63, 3.8) is 0 Å². The van der Waals surface area contributed by atoms with E-state index in [1.165, 1.54) is 5.56 Å². The first-order valence-electron chi connectivity index (χ1n) is 6.77. The van der Waals surface area contributed by atoms with Gasteiger partial charge >= 0.3 is 7.82 Å². The van der Waals surface area contributed by atoms with Crippen LogP contribution in [0.2, 0.25) is 0 Å². The van der Waals surface area contributed by atoms with Crippen LogP contribution in [-0.4, -0.2) is 19.8 Å². The van der Waals surface area contributed by atoms with E-state index in [2.05, 4.69) is 12.1 Å². The predicted octanol–water partition coefficient (Wildman–Crippen LogP) is 4.21. The number of phosphoric acid groups is 1. The van der Waals surface area contributed by atoms with Crippen molar-refractivity contribution in [3.8, 4) is 0 Å². The Morgan fingerprint density at radius 2 is 1.58 bits per heavy atom. The Bertz CT molecular complexity index is 370. The van der Waals surface area contributed by atoms with Gasteiger partial charge in [0.15, 0.2) is 0 Å². The average molecular weight is 286 g/mol. The molecule has 0 aliphatic carbocycles. The summed E-state index contributed by atoms with van der Waals surface area (Å²) in [7, 11) is -3.33. The lowest BCUT2D eigenvalue weighted by Gasteiger charge is -2.16. The Balaban J connectivity index is 2.20. The molecule has 0 N–H and O–H groups in total. The van der Waals surface area contributed by atoms with Gasteiger partial charge < -0.3 is 0 Å². The molecule has 0 bridgehead atoms. The maximum absolute atomic E-state index is 12.0. The third kappa shape index (κ3) is 6.88. The molecule has 0 fully saturated rings. The molecule has 0 aromatic heterocycles. The summed E-state index contributed by atoms with van der Waals surface area (Å²) < 4.78 is 27.3. The number of benzene rings is 1. The van der Waals surface area contributed by atoms with Crippen LogP contribution in [0.15, 0.2) is 30.3 Å². The highest BCUT2D eigenvalue weighted by atomic mass is 31.2. The molecule has 0 saturated heterocycles. The smallest absolute Gasteiger partial charge is 0.287 e. The molecule has 0 saturated carbocycles. The van der Waals surface area contributed by atoms with Crippen molar-refractivity contribution in [1.82, 2.24) is 0 Å². The van der Waals surface area contributed by atoms with E-state index in [1.807, 2.05) is 18.2 Å². The van der Waals surface area contributed by atoms with Crippen molar-refractivity contribution < 1.29 is 18.1 Å². The van der Waals surface area contributed by atoms with Gasteiger partial charge in [0.25, 0.3) is 0 Å². The topological polar surface area (TPSA) is 44.8 Å². The van der Waals surface area contributed by atoms with E-state index in [0.717, 1.165) is 19.3 Å². The Morgan fingerprint density at radius 1 is 0.947 bits per heavy atom. The molecule has 4 nitrogen and oxygen atoms in total. The first-order chi connectivity index (χ1) is 9.20. The zero-order valence-electron chi connectivity index (χ0n) is 11.7. The van der Waals surface area contributed by atoms with Crippen molar-refractivity contribution in [3.05, 3.63) is 35.9 Å². The van der Waals surface area contributed by atoms with Crippen molar-refractivity contribution in [2.75, 3.05) is 19.8 Å². The summed E-state index contributed by atoms with van der Waals surface area (Å²) in [6.45, 7) is 4.57. The minimum atomic E-state index is -3.33. The summed E-state index contributed by atoms with van der Waals surface area (Å²) in [5.74, 6) is 0. The highest BCUT2D eigenvalue weighted by Gasteiger charge is 2.24. The second kappa shape index (κ2) is 9.27. The molecular formula is C14H23O4P. The van der Waals surface area contributed by atoms with Gasteiger partial charge in [-0.05, 0) is 38.7 Å². The number of rotatable bonds is 10. The van der Waals surface area contributed by atoms with E-state index in [4.69, 9.17) is 13.6 Å². The van der Waals surface area contributed by atoms with Gasteiger partial charge in [-0.2, -0.15) is 0 Å². The summed E-state index contributed by atoms with van der Waals surface area (Å²) in [6.07, 6.45) is 2.82. The zero-order chi connectivity index (χ0) is 14.0. The van der Waals surface area contributed by atoms with Crippen LogP contribution >= 0.6 is 7.82 Å². The third-order valence-corrected chi connectivity index (χ3v) is 4.17. The van der Waals surface area contributed by atoms with Gasteiger partial charge in [-0.3, -0.25) is 13.6 Å². The van der Waals surface area contributed by atoms with Crippen molar-refractivity contribution >= 4 is 7.82 Å². The quantitative estimate of drug-likeness (QED) is 0.477. The first-order valence-corrected chi connectivity index (χ1v) is 8.24. The van der Waals surface area contributed by atoms with Gasteiger partial charge in [0.1, 0.15) is 0 Å². The van der Waals surface area contributed by atoms with Gasteiger partial charge in [-0.1, -0.05) is 30.3 Å². The number of unbranched alkanes of at least 4 members (excludes halogenated alkanes) is 1. The molecule has 0 amide bonds. The fraction of sp³-hybridized carbons (Fsp3) is 0.571. The van der Waals surface area contributed by atoms with Crippen LogP contribution in [0.3, 0.4) is 0 Å². The molecule has 1 aromatic rings. The number of phosphoric ester groups is 1. The van der Waals surface area contributed by atoms with Crippen LogP contribution in [0.1, 0.15) is 32.3 Å². The highest BCUT2D eigenvalue weighted by Crippen LogP contribution is 2.49. The molecule has 0 heterocycles. The molecule has 1 aromatic carbocycles. The SMILES string of the molecule is CCOP(=O)(OCC)OCCCCc1ccccc1. The lowest BCUT2D eigenvalue weighted by molar-refractivity contribution is 0.120. The van der Waals surface area contributed by atoms with Crippen molar-refractivity contribution in [1.29, 1.82) is 0 Å². The Hall–Kier alpha value is -0.670. The second-order valence-electron chi connectivity index (χ2n) is 4.06. The van der Waals surface area contributed by atoms with Crippen LogP contribution in [0.25, 0.3) is 0 Å². The minimum Gasteiger partial charge on any atom is -0.287 e. The second-order valence-corrected chi connectivity index (χ2v) is 5.73. The van der Waals surface area contributed by atoms with Crippen LogP contribution in [-0.2, 0) is 24.6 Å². The van der Waals surface area contributed by atoms with Crippen LogP contribution in [0.5, 0.6) is 0 Å². The summed E-state index contributed by atoms with van der Waals surface area (Å²) in [5, 5.41) is 0. The maximum Gasteiger partial charge on any atom is 0.474 e. The molecule has 0 aliphatic rings. The Labute approximate surface area is 115 Å². The molecule has 5 heteroatoms. The Kier molecular flexibility index (Phi) is 7.99. The van der Waals surface area contributed by atoms with Crippen LogP contribution in [0.4, 0.5) is 0 Å². The summed E-state index contributed by atoms with van der Waals surface area (Å²) in [4.78, 5) is 0. The molecule has 0 atom stereocenters. The lowest BCUT2D eigenvalue weighted by atomic mass is 10.1. The molecule has 0 radical (unpaired) electrons. The lowest BCUT2D eigenvalue weighted by Crippen LogP contribution is -2.01. The number of hydrogen-bond donors (Lipinski definition) is 0. The van der Waals surface area contributed by atoms with Crippen LogP contribution in [0, 0.1) is 0 Å². The van der Waals surface area contributed by atoms with E-state index in [1.54, 1.807) is 13.8 Å². The standard InChI is InChI=1S/C14H23O4P/c1-3-16-19(15,17-4-2)18-13-9-8-12-14-10-6-5-7-11-14/h5-7,10-11H,3-4,8-9,12-13H2,1-2H3.